The lowest BCUT2D eigenvalue weighted by Crippen LogP contribution is -2.56. The molecule has 19 atom stereocenters. The third-order valence-electron chi connectivity index (χ3n) is 31.1. The Morgan fingerprint density at radius 3 is 1.72 bits per heavy atom. The molecule has 6 heterocycles. The third kappa shape index (κ3) is 19.8. The number of benzene rings is 4. The maximum absolute atomic E-state index is 14.6. The maximum atomic E-state index is 14.6. The van der Waals surface area contributed by atoms with E-state index in [9.17, 15) is 64.5 Å². The molecule has 0 spiro atoms. The van der Waals surface area contributed by atoms with Gasteiger partial charge in [-0.2, -0.15) is 5.10 Å². The molecule has 135 heavy (non-hydrogen) atoms. The van der Waals surface area contributed by atoms with Crippen LogP contribution in [0.25, 0.3) is 10.8 Å². The van der Waals surface area contributed by atoms with Gasteiger partial charge < -0.3 is 93.7 Å². The summed E-state index contributed by atoms with van der Waals surface area (Å²) in [5, 5.41) is 93.3. The number of likely N-dealkylation sites (N-methyl/N-ethyl adjacent to an activating group) is 1. The number of aliphatic hydroxyl groups is 4. The second-order valence-electron chi connectivity index (χ2n) is 41.2. The molecule has 1 saturated heterocycles. The normalized spacial score (nSPS) is 32.7. The summed E-state index contributed by atoms with van der Waals surface area (Å²) in [5.74, 6) is 12.9. The number of nitrogens with zero attached hydrogens (tertiary/aromatic N) is 3. The molecule has 724 valence electrons. The van der Waals surface area contributed by atoms with E-state index in [1.54, 1.807) is 44.9 Å². The van der Waals surface area contributed by atoms with E-state index in [1.165, 1.54) is 118 Å². The number of nitrogens with one attached hydrogen (secondary N) is 1. The summed E-state index contributed by atoms with van der Waals surface area (Å²) in [5.41, 5.74) is 11.2. The van der Waals surface area contributed by atoms with Crippen molar-refractivity contribution in [2.75, 3.05) is 65.8 Å². The van der Waals surface area contributed by atoms with Crippen LogP contribution in [-0.2, 0) is 38.2 Å². The van der Waals surface area contributed by atoms with Gasteiger partial charge in [0.15, 0.2) is 34.6 Å². The average Bonchev–Trinajstić information content (AvgIpc) is 1.59. The number of ketones is 4. The van der Waals surface area contributed by atoms with Gasteiger partial charge in [0.05, 0.1) is 80.8 Å². The second kappa shape index (κ2) is 40.1. The quantitative estimate of drug-likeness (QED) is 0.0172. The highest BCUT2D eigenvalue weighted by Gasteiger charge is 2.65. The first-order chi connectivity index (χ1) is 63.3. The number of esters is 1. The number of phenolic OH excluding ortho intramolecular Hbond substituents is 2. The number of Topliss-reactive ketones (excluding diaryl/α,β-unsaturated/α-hetero) is 2. The largest absolute Gasteiger partial charge is 0.872 e. The number of piperazine rings is 1. The van der Waals surface area contributed by atoms with Crippen molar-refractivity contribution >= 4 is 65.8 Å². The third-order valence-corrected chi connectivity index (χ3v) is 32.0. The van der Waals surface area contributed by atoms with Crippen LogP contribution in [0.3, 0.4) is 0 Å². The van der Waals surface area contributed by atoms with Crippen molar-refractivity contribution in [1.82, 2.24) is 5.01 Å². The summed E-state index contributed by atoms with van der Waals surface area (Å²) in [4.78, 5) is 74.6. The molecule has 4 saturated carbocycles. The zero-order valence-corrected chi connectivity index (χ0v) is 82.7. The molecule has 0 aromatic heterocycles. The minimum Gasteiger partial charge on any atom is -0.872 e. The van der Waals surface area contributed by atoms with Gasteiger partial charge in [-0.3, -0.25) is 29.0 Å². The molecule has 5 bridgehead atoms. The average molecular weight is 1870 g/mol. The van der Waals surface area contributed by atoms with Crippen LogP contribution in [0.1, 0.15) is 224 Å². The number of carbonyl (C=O) groups is 6. The molecular formula is C108H136N4O22Si. The summed E-state index contributed by atoms with van der Waals surface area (Å²) in [6, 6.07) is 12.6. The number of quaternary nitrogens is 1. The van der Waals surface area contributed by atoms with Crippen molar-refractivity contribution < 1.29 is 112 Å². The van der Waals surface area contributed by atoms with E-state index in [0.29, 0.717) is 56.1 Å². The van der Waals surface area contributed by atoms with E-state index >= 15 is 0 Å². The van der Waals surface area contributed by atoms with Crippen molar-refractivity contribution in [2.24, 2.45) is 63.3 Å². The highest BCUT2D eigenvalue weighted by molar-refractivity contribution is 6.83. The summed E-state index contributed by atoms with van der Waals surface area (Å²) >= 11 is 0. The van der Waals surface area contributed by atoms with Gasteiger partial charge in [0.25, 0.3) is 11.7 Å². The van der Waals surface area contributed by atoms with Crippen LogP contribution in [-0.4, -0.2) is 197 Å². The zero-order chi connectivity index (χ0) is 97.0. The van der Waals surface area contributed by atoms with Crippen molar-refractivity contribution in [3.8, 4) is 81.1 Å². The fourth-order valence-corrected chi connectivity index (χ4v) is 24.3. The Kier molecular flexibility index (Phi) is 30.2. The Morgan fingerprint density at radius 1 is 0.704 bits per heavy atom. The lowest BCUT2D eigenvalue weighted by molar-refractivity contribution is -0.906. The highest BCUT2D eigenvalue weighted by atomic mass is 28.3. The fourth-order valence-electron chi connectivity index (χ4n) is 23.7. The van der Waals surface area contributed by atoms with Gasteiger partial charge in [0.2, 0.25) is 13.6 Å². The Labute approximate surface area is 794 Å². The van der Waals surface area contributed by atoms with Crippen LogP contribution in [0.15, 0.2) is 123 Å². The number of aliphatic hydroxyl groups excluding tert-OH is 2. The summed E-state index contributed by atoms with van der Waals surface area (Å²) in [6.45, 7) is 34.0. The lowest BCUT2D eigenvalue weighted by atomic mass is 9.51. The molecule has 0 unspecified atom stereocenters. The minimum atomic E-state index is -2.09. The molecule has 8 aliphatic carbocycles. The Hall–Kier alpha value is -10.8. The molecule has 26 nitrogen and oxygen atoms in total. The summed E-state index contributed by atoms with van der Waals surface area (Å²) in [6.07, 6.45) is 20.7. The van der Waals surface area contributed by atoms with Gasteiger partial charge in [-0.15, -0.1) is 17.4 Å². The molecule has 9 N–H and O–H groups in total. The van der Waals surface area contributed by atoms with Gasteiger partial charge in [-0.05, 0) is 224 Å². The van der Waals surface area contributed by atoms with Crippen molar-refractivity contribution in [3.63, 3.8) is 0 Å². The minimum absolute atomic E-state index is 0. The molecule has 0 radical (unpaired) electrons. The smallest absolute Gasteiger partial charge is 0.312 e. The van der Waals surface area contributed by atoms with Gasteiger partial charge in [-0.25, -0.2) is 0 Å². The van der Waals surface area contributed by atoms with E-state index < -0.39 is 113 Å². The second-order valence-corrected chi connectivity index (χ2v) is 46.0. The van der Waals surface area contributed by atoms with Gasteiger partial charge in [0, 0.05) is 96.5 Å². The lowest BCUT2D eigenvalue weighted by Gasteiger charge is -2.53. The number of hydrogen-bond donors (Lipinski definition) is 7. The van der Waals surface area contributed by atoms with Gasteiger partial charge >= 0.3 is 11.8 Å². The SMILES string of the molecule is CC#C[C@]1(O)CC[C@H]2[C@@H]3CCC4=CC(=O)CCC4=C3[C@@H](c3ccc4c(c3)OCO4)C[C@@]21C.CC#C[C@]1(O)CC[C@H]2[C@@H]3CCC4=CC(=O)CCC4=C3[C@@H](c3ccc4c(c3)OCO4)C[C@@]21C.CC(C)=O.CO[C@H]1/C=C/O[C@@]2(C)Oc3c(C)c([O-])c4c(O)c(c(/C=N/N5CC[N+](C)(CC#C[Si](C)(C)C)CC5)c(O)c4c3C2=O)NC(=O)/C(C)=C\C=C\[C@H](C)[C@H](O)[C@@H](C)[C@@H](O)[C@@H](C)[C@H](OC(C)=O)[C@@H]1C.O. The van der Waals surface area contributed by atoms with Gasteiger partial charge in [-0.1, -0.05) is 126 Å². The van der Waals surface area contributed by atoms with E-state index in [0.717, 1.165) is 118 Å². The number of allylic oxidation sites excluding steroid dienone is 10. The van der Waals surface area contributed by atoms with Crippen LogP contribution in [0.4, 0.5) is 5.69 Å². The number of fused-ring (bicyclic) bond motifs is 24. The number of carbonyl (C=O) groups excluding carboxylic acids is 6. The number of rotatable bonds is 7. The number of methoxy groups -OCH3 is 1. The molecule has 27 heteroatoms. The molecule has 4 aromatic rings. The molecule has 18 rings (SSSR count). The van der Waals surface area contributed by atoms with E-state index in [2.05, 4.69) is 110 Å². The van der Waals surface area contributed by atoms with E-state index in [-0.39, 0.29) is 98.2 Å². The van der Waals surface area contributed by atoms with Crippen molar-refractivity contribution in [2.45, 2.75) is 260 Å². The van der Waals surface area contributed by atoms with Crippen LogP contribution in [0.2, 0.25) is 19.6 Å². The predicted molar refractivity (Wildman–Crippen MR) is 515 cm³/mol. The number of hydrazone groups is 1. The molecule has 1 amide bonds. The first-order valence-corrected chi connectivity index (χ1v) is 51.1. The van der Waals surface area contributed by atoms with Crippen LogP contribution >= 0.6 is 0 Å². The monoisotopic (exact) mass is 1870 g/mol. The maximum Gasteiger partial charge on any atom is 0.312 e. The molecular weight excluding hydrogens is 1730 g/mol. The topological polar surface area (TPSA) is 380 Å². The number of ether oxygens (including phenoxy) is 8. The van der Waals surface area contributed by atoms with Crippen molar-refractivity contribution in [3.05, 3.63) is 146 Å². The summed E-state index contributed by atoms with van der Waals surface area (Å²) < 4.78 is 46.9. The number of hydrogen-bond acceptors (Lipinski definition) is 23. The van der Waals surface area contributed by atoms with Crippen LogP contribution in [0.5, 0.6) is 46.0 Å². The first kappa shape index (κ1) is 102. The van der Waals surface area contributed by atoms with E-state index in [4.69, 9.17) is 37.9 Å². The Balaban J connectivity index is 0.000000184. The van der Waals surface area contributed by atoms with Crippen LogP contribution in [0, 0.1) is 100 Å². The number of anilines is 1. The van der Waals surface area contributed by atoms with Crippen molar-refractivity contribution in [1.29, 1.82) is 0 Å². The Bertz CT molecular complexity index is 5640. The summed E-state index contributed by atoms with van der Waals surface area (Å²) in [7, 11) is 2.03. The first-order valence-electron chi connectivity index (χ1n) is 47.6. The highest BCUT2D eigenvalue weighted by Crippen LogP contribution is 2.69. The van der Waals surface area contributed by atoms with Crippen LogP contribution < -0.4 is 34.1 Å². The van der Waals surface area contributed by atoms with Gasteiger partial charge in [0.1, 0.15) is 55.0 Å². The predicted octanol–water partition coefficient (Wildman–Crippen LogP) is 15.0. The standard InChI is InChI=1S/C49H68N4O12Si.2C28H30O4.C3H6O.H2O/c1-27-16-14-17-28(2)48(61)51-39-34(26-50-52-19-22-53(9,23-20-52)21-15-25-66(11,12)13)43(58)36-37(44(39)59)42(57)32(6)46-38(36)47(60)49(8,65-46)63-24-18-35(62-10)29(3)45(64-33(7)54)31(5)41(56)30(4)40(27)55;2*1-3-11-28(30)12-10-23-21-7-4-17-13-19(29)6-8-20(17)26(21)22(15-27(23,28)2)18-5-9-24-25(14-18)32-16-31-24;1-3(2)4;/h14,16-18,24,26-27,29-31,35,40-41,45,55-56H,19-23H2,1-13H3,(H3-,50,51,57,58,59,60,61);2*5,9,13-14,21-23,30H,4,6-8,10,12,15-16H2,1-2H3;1-2H3;1H2/b16-14+,24-18+,28-17-;;;;/t27-,29+,30+,31+,35-,40-,41+,45+,49-;2*21-,22+,23-,27-,28-;;/m000../s1. The Morgan fingerprint density at radius 2 is 1.22 bits per heavy atom. The number of aromatic hydroxyl groups is 2. The molecule has 5 fully saturated rings. The molecule has 14 aliphatic rings. The fraction of sp³-hybridized carbons (Fsp3) is 0.546. The zero-order valence-electron chi connectivity index (χ0n) is 81.7. The number of amides is 1. The molecule has 4 aromatic carbocycles. The molecule has 6 aliphatic heterocycles. The number of phenols is 2. The van der Waals surface area contributed by atoms with E-state index in [1.807, 2.05) is 38.1 Å².